The van der Waals surface area contributed by atoms with E-state index in [1.807, 2.05) is 37.3 Å². The molecule has 1 unspecified atom stereocenters. The van der Waals surface area contributed by atoms with Gasteiger partial charge in [0, 0.05) is 12.4 Å². The van der Waals surface area contributed by atoms with Crippen molar-refractivity contribution in [2.45, 2.75) is 13.0 Å². The third-order valence-corrected chi connectivity index (χ3v) is 5.68. The Labute approximate surface area is 189 Å². The highest BCUT2D eigenvalue weighted by Gasteiger charge is 2.48. The van der Waals surface area contributed by atoms with Crippen molar-refractivity contribution in [3.8, 4) is 5.75 Å². The van der Waals surface area contributed by atoms with Crippen LogP contribution in [0.2, 0.25) is 0 Å². The minimum Gasteiger partial charge on any atom is -0.507 e. The van der Waals surface area contributed by atoms with Gasteiger partial charge in [-0.1, -0.05) is 23.8 Å². The maximum atomic E-state index is 13.3. The number of aromatic amines is 1. The maximum Gasteiger partial charge on any atom is 0.302 e. The van der Waals surface area contributed by atoms with Crippen LogP contribution in [0, 0.1) is 6.92 Å². The molecule has 2 aromatic heterocycles. The van der Waals surface area contributed by atoms with Gasteiger partial charge in [0.15, 0.2) is 0 Å². The number of ketones is 1. The van der Waals surface area contributed by atoms with Crippen LogP contribution in [0.4, 0.5) is 5.95 Å². The van der Waals surface area contributed by atoms with Crippen molar-refractivity contribution >= 4 is 34.4 Å². The molecular formula is C25H20N4O4. The number of Topliss-reactive ketones (excluding diaryl/α,β-unsaturated/α-hetero) is 1. The fourth-order valence-electron chi connectivity index (χ4n) is 4.12. The number of anilines is 1. The van der Waals surface area contributed by atoms with Gasteiger partial charge >= 0.3 is 5.91 Å². The lowest BCUT2D eigenvalue weighted by molar-refractivity contribution is -0.132. The van der Waals surface area contributed by atoms with Crippen molar-refractivity contribution in [1.29, 1.82) is 0 Å². The summed E-state index contributed by atoms with van der Waals surface area (Å²) in [5.41, 5.74) is 3.14. The summed E-state index contributed by atoms with van der Waals surface area (Å²) in [7, 11) is 1.48. The lowest BCUT2D eigenvalue weighted by atomic mass is 9.95. The number of fused-ring (bicyclic) bond motifs is 1. The number of aliphatic hydroxyl groups excluding tert-OH is 1. The summed E-state index contributed by atoms with van der Waals surface area (Å²) in [6, 6.07) is 15.1. The van der Waals surface area contributed by atoms with Gasteiger partial charge in [-0.05, 0) is 48.9 Å². The molecule has 5 rings (SSSR count). The maximum absolute atomic E-state index is 13.3. The minimum absolute atomic E-state index is 0.0458. The van der Waals surface area contributed by atoms with Gasteiger partial charge in [-0.3, -0.25) is 19.5 Å². The van der Waals surface area contributed by atoms with Gasteiger partial charge < -0.3 is 14.8 Å². The first-order valence-electron chi connectivity index (χ1n) is 10.3. The number of methoxy groups -OCH3 is 1. The van der Waals surface area contributed by atoms with Gasteiger partial charge in [0.2, 0.25) is 5.95 Å². The zero-order chi connectivity index (χ0) is 23.1. The van der Waals surface area contributed by atoms with Crippen LogP contribution in [0.3, 0.4) is 0 Å². The number of hydrogen-bond donors (Lipinski definition) is 2. The topological polar surface area (TPSA) is 108 Å². The van der Waals surface area contributed by atoms with Gasteiger partial charge in [0.1, 0.15) is 11.5 Å². The molecule has 164 valence electrons. The Kier molecular flexibility index (Phi) is 4.90. The molecule has 1 aliphatic heterocycles. The number of aryl methyl sites for hydroxylation is 1. The molecule has 1 saturated heterocycles. The second kappa shape index (κ2) is 7.90. The molecule has 1 atom stereocenters. The van der Waals surface area contributed by atoms with Gasteiger partial charge in [0.05, 0.1) is 35.3 Å². The molecule has 1 aliphatic rings. The smallest absolute Gasteiger partial charge is 0.302 e. The van der Waals surface area contributed by atoms with E-state index < -0.39 is 17.7 Å². The molecule has 0 saturated carbocycles. The van der Waals surface area contributed by atoms with Crippen molar-refractivity contribution in [3.63, 3.8) is 0 Å². The number of nitrogens with one attached hydrogen (secondary N) is 1. The lowest BCUT2D eigenvalue weighted by Gasteiger charge is -2.23. The second-order valence-electron chi connectivity index (χ2n) is 7.73. The quantitative estimate of drug-likeness (QED) is 0.283. The van der Waals surface area contributed by atoms with Crippen LogP contribution in [-0.4, -0.2) is 38.9 Å². The van der Waals surface area contributed by atoms with Crippen LogP contribution in [0.5, 0.6) is 5.75 Å². The van der Waals surface area contributed by atoms with E-state index in [-0.39, 0.29) is 17.3 Å². The summed E-state index contributed by atoms with van der Waals surface area (Å²) in [6.07, 6.45) is 3.14. The number of aliphatic hydroxyl groups is 1. The minimum atomic E-state index is -0.904. The zero-order valence-corrected chi connectivity index (χ0v) is 17.9. The Hall–Kier alpha value is -4.46. The largest absolute Gasteiger partial charge is 0.507 e. The number of rotatable bonds is 4. The number of benzene rings is 2. The molecule has 0 spiro atoms. The number of amides is 1. The highest BCUT2D eigenvalue weighted by atomic mass is 16.5. The van der Waals surface area contributed by atoms with Crippen LogP contribution in [0.15, 0.2) is 72.6 Å². The molecule has 0 aliphatic carbocycles. The van der Waals surface area contributed by atoms with Gasteiger partial charge in [-0.2, -0.15) is 0 Å². The van der Waals surface area contributed by atoms with E-state index in [1.54, 1.807) is 36.7 Å². The molecule has 2 N–H and O–H groups in total. The number of H-pyrrole nitrogens is 1. The summed E-state index contributed by atoms with van der Waals surface area (Å²) in [4.78, 5) is 39.5. The van der Waals surface area contributed by atoms with Crippen molar-refractivity contribution in [1.82, 2.24) is 15.0 Å². The standard InChI is InChI=1S/C25H20N4O4/c1-14-7-8-19(33-2)16(13-14)22(30)20-21(15-9-11-26-12-10-15)29(24(32)23(20)31)25-27-17-5-3-4-6-18(17)28-25/h3-13,21,30H,1-2H3,(H,27,28)/b22-20+. The van der Waals surface area contributed by atoms with E-state index in [9.17, 15) is 14.7 Å². The second-order valence-corrected chi connectivity index (χ2v) is 7.73. The van der Waals surface area contributed by atoms with E-state index in [0.717, 1.165) is 11.1 Å². The van der Waals surface area contributed by atoms with E-state index in [0.29, 0.717) is 22.4 Å². The Morgan fingerprint density at radius 3 is 2.58 bits per heavy atom. The monoisotopic (exact) mass is 440 g/mol. The average Bonchev–Trinajstić information content (AvgIpc) is 3.37. The highest BCUT2D eigenvalue weighted by molar-refractivity contribution is 6.51. The highest BCUT2D eigenvalue weighted by Crippen LogP contribution is 2.42. The zero-order valence-electron chi connectivity index (χ0n) is 17.9. The number of imidazole rings is 1. The number of para-hydroxylation sites is 2. The predicted molar refractivity (Wildman–Crippen MR) is 123 cm³/mol. The van der Waals surface area contributed by atoms with E-state index in [1.165, 1.54) is 12.0 Å². The Bertz CT molecular complexity index is 1390. The van der Waals surface area contributed by atoms with Crippen LogP contribution >= 0.6 is 0 Å². The predicted octanol–water partition coefficient (Wildman–Crippen LogP) is 3.90. The fraction of sp³-hybridized carbons (Fsp3) is 0.120. The summed E-state index contributed by atoms with van der Waals surface area (Å²) in [5, 5.41) is 11.3. The molecular weight excluding hydrogens is 420 g/mol. The first-order chi connectivity index (χ1) is 16.0. The summed E-state index contributed by atoms with van der Waals surface area (Å²) in [5.74, 6) is -1.30. The first-order valence-corrected chi connectivity index (χ1v) is 10.3. The van der Waals surface area contributed by atoms with Crippen LogP contribution in [-0.2, 0) is 9.59 Å². The Balaban J connectivity index is 1.76. The van der Waals surface area contributed by atoms with Crippen LogP contribution < -0.4 is 9.64 Å². The fourth-order valence-corrected chi connectivity index (χ4v) is 4.12. The van der Waals surface area contributed by atoms with Crippen molar-refractivity contribution in [2.75, 3.05) is 12.0 Å². The molecule has 8 nitrogen and oxygen atoms in total. The average molecular weight is 440 g/mol. The first kappa shape index (κ1) is 20.4. The van der Waals surface area contributed by atoms with Gasteiger partial charge in [-0.25, -0.2) is 4.98 Å². The molecule has 3 heterocycles. The number of aromatic nitrogens is 3. The van der Waals surface area contributed by atoms with E-state index in [2.05, 4.69) is 15.0 Å². The molecule has 0 radical (unpaired) electrons. The number of ether oxygens (including phenoxy) is 1. The summed E-state index contributed by atoms with van der Waals surface area (Å²) in [6.45, 7) is 1.86. The number of carbonyl (C=O) groups excluding carboxylic acids is 2. The van der Waals surface area contributed by atoms with Crippen molar-refractivity contribution in [2.24, 2.45) is 0 Å². The third-order valence-electron chi connectivity index (χ3n) is 5.68. The SMILES string of the molecule is COc1ccc(C)cc1/C(O)=C1\C(=O)C(=O)N(c2nc3ccccc3[nH]2)C1c1ccncc1. The molecule has 2 aromatic carbocycles. The van der Waals surface area contributed by atoms with Crippen molar-refractivity contribution in [3.05, 3.63) is 89.3 Å². The number of carbonyl (C=O) groups is 2. The summed E-state index contributed by atoms with van der Waals surface area (Å²) < 4.78 is 5.40. The molecule has 8 heteroatoms. The van der Waals surface area contributed by atoms with Crippen molar-refractivity contribution < 1.29 is 19.4 Å². The number of pyridine rings is 1. The Morgan fingerprint density at radius 1 is 1.09 bits per heavy atom. The molecule has 1 fully saturated rings. The van der Waals surface area contributed by atoms with Crippen LogP contribution in [0.25, 0.3) is 16.8 Å². The number of hydrogen-bond acceptors (Lipinski definition) is 6. The van der Waals surface area contributed by atoms with Gasteiger partial charge in [0.25, 0.3) is 5.78 Å². The molecule has 33 heavy (non-hydrogen) atoms. The Morgan fingerprint density at radius 2 is 1.85 bits per heavy atom. The van der Waals surface area contributed by atoms with E-state index in [4.69, 9.17) is 4.74 Å². The molecule has 0 bridgehead atoms. The lowest BCUT2D eigenvalue weighted by Crippen LogP contribution is -2.30. The molecule has 1 amide bonds. The van der Waals surface area contributed by atoms with Gasteiger partial charge in [-0.15, -0.1) is 0 Å². The van der Waals surface area contributed by atoms with Crippen LogP contribution in [0.1, 0.15) is 22.7 Å². The number of nitrogens with zero attached hydrogens (tertiary/aromatic N) is 3. The third kappa shape index (κ3) is 3.32. The van der Waals surface area contributed by atoms with E-state index >= 15 is 0 Å². The molecule has 4 aromatic rings. The summed E-state index contributed by atoms with van der Waals surface area (Å²) >= 11 is 0. The normalized spacial score (nSPS) is 17.6.